The van der Waals surface area contributed by atoms with Crippen molar-refractivity contribution in [3.63, 3.8) is 0 Å². The highest BCUT2D eigenvalue weighted by Gasteiger charge is 2.12. The second-order valence-corrected chi connectivity index (χ2v) is 6.09. The molecule has 0 unspecified atom stereocenters. The molecule has 0 saturated carbocycles. The summed E-state index contributed by atoms with van der Waals surface area (Å²) in [5.41, 5.74) is 1.61. The van der Waals surface area contributed by atoms with Gasteiger partial charge in [-0.2, -0.15) is 4.98 Å². The van der Waals surface area contributed by atoms with E-state index in [-0.39, 0.29) is 6.61 Å². The summed E-state index contributed by atoms with van der Waals surface area (Å²) in [6.45, 7) is 1.94. The van der Waals surface area contributed by atoms with Gasteiger partial charge in [0.2, 0.25) is 5.82 Å². The van der Waals surface area contributed by atoms with E-state index >= 15 is 0 Å². The van der Waals surface area contributed by atoms with Gasteiger partial charge < -0.3 is 13.7 Å². The van der Waals surface area contributed by atoms with Crippen LogP contribution in [0.15, 0.2) is 62.3 Å². The van der Waals surface area contributed by atoms with Gasteiger partial charge in [0.05, 0.1) is 5.02 Å². The standard InChI is InChI=1S/C19H13ClN2O4/c1-11-8-18(23)25-16-9-12(6-7-13(11)16)24-10-17-21-19(22-26-17)14-4-2-3-5-15(14)20/h2-9H,10H2,1H3. The van der Waals surface area contributed by atoms with Crippen molar-refractivity contribution in [2.75, 3.05) is 0 Å². The molecule has 0 spiro atoms. The number of aryl methyl sites for hydroxylation is 1. The zero-order valence-electron chi connectivity index (χ0n) is 13.7. The monoisotopic (exact) mass is 368 g/mol. The number of nitrogens with zero attached hydrogens (tertiary/aromatic N) is 2. The lowest BCUT2D eigenvalue weighted by atomic mass is 10.1. The molecule has 6 nitrogen and oxygen atoms in total. The molecule has 2 aromatic carbocycles. The first-order valence-corrected chi connectivity index (χ1v) is 8.23. The van der Waals surface area contributed by atoms with E-state index in [9.17, 15) is 4.79 Å². The first kappa shape index (κ1) is 16.4. The average Bonchev–Trinajstić information content (AvgIpc) is 3.08. The molecule has 0 bridgehead atoms. The van der Waals surface area contributed by atoms with Gasteiger partial charge in [-0.1, -0.05) is 28.9 Å². The van der Waals surface area contributed by atoms with Gasteiger partial charge in [-0.3, -0.25) is 0 Å². The smallest absolute Gasteiger partial charge is 0.336 e. The Morgan fingerprint density at radius 2 is 2.00 bits per heavy atom. The predicted octanol–water partition coefficient (Wildman–Crippen LogP) is 4.38. The summed E-state index contributed by atoms with van der Waals surface area (Å²) >= 11 is 6.13. The topological polar surface area (TPSA) is 78.4 Å². The largest absolute Gasteiger partial charge is 0.484 e. The first-order valence-electron chi connectivity index (χ1n) is 7.85. The third-order valence-electron chi connectivity index (χ3n) is 3.87. The van der Waals surface area contributed by atoms with Crippen LogP contribution in [-0.4, -0.2) is 10.1 Å². The van der Waals surface area contributed by atoms with E-state index < -0.39 is 5.63 Å². The second kappa shape index (κ2) is 6.65. The van der Waals surface area contributed by atoms with Crippen molar-refractivity contribution in [1.29, 1.82) is 0 Å². The van der Waals surface area contributed by atoms with Crippen molar-refractivity contribution in [3.05, 3.63) is 75.4 Å². The molecule has 0 fully saturated rings. The Kier molecular flexibility index (Phi) is 4.18. The zero-order valence-corrected chi connectivity index (χ0v) is 14.5. The Hall–Kier alpha value is -3.12. The van der Waals surface area contributed by atoms with E-state index in [0.29, 0.717) is 33.6 Å². The molecule has 0 aliphatic heterocycles. The summed E-state index contributed by atoms with van der Waals surface area (Å²) in [4.78, 5) is 15.8. The Labute approximate surface area is 153 Å². The molecule has 0 radical (unpaired) electrons. The van der Waals surface area contributed by atoms with Crippen LogP contribution in [0.2, 0.25) is 5.02 Å². The quantitative estimate of drug-likeness (QED) is 0.497. The molecule has 0 saturated heterocycles. The molecule has 4 aromatic rings. The fraction of sp³-hybridized carbons (Fsp3) is 0.105. The summed E-state index contributed by atoms with van der Waals surface area (Å²) in [5.74, 6) is 1.24. The van der Waals surface area contributed by atoms with Crippen LogP contribution in [0.5, 0.6) is 5.75 Å². The van der Waals surface area contributed by atoms with Gasteiger partial charge in [-0.15, -0.1) is 0 Å². The third-order valence-corrected chi connectivity index (χ3v) is 4.20. The summed E-state index contributed by atoms with van der Waals surface area (Å²) in [7, 11) is 0. The number of fused-ring (bicyclic) bond motifs is 1. The van der Waals surface area contributed by atoms with E-state index in [4.69, 9.17) is 25.3 Å². The zero-order chi connectivity index (χ0) is 18.1. The Bertz CT molecular complexity index is 1150. The highest BCUT2D eigenvalue weighted by molar-refractivity contribution is 6.33. The molecular formula is C19H13ClN2O4. The van der Waals surface area contributed by atoms with E-state index in [1.807, 2.05) is 31.2 Å². The van der Waals surface area contributed by atoms with Gasteiger partial charge in [0.1, 0.15) is 11.3 Å². The molecule has 0 amide bonds. The fourth-order valence-electron chi connectivity index (χ4n) is 2.61. The number of aromatic nitrogens is 2. The van der Waals surface area contributed by atoms with Gasteiger partial charge >= 0.3 is 5.63 Å². The molecule has 2 heterocycles. The molecular weight excluding hydrogens is 356 g/mol. The molecule has 4 rings (SSSR count). The van der Waals surface area contributed by atoms with Crippen molar-refractivity contribution in [2.24, 2.45) is 0 Å². The third kappa shape index (κ3) is 3.19. The lowest BCUT2D eigenvalue weighted by Gasteiger charge is -2.05. The van der Waals surface area contributed by atoms with Gasteiger partial charge in [-0.05, 0) is 36.8 Å². The van der Waals surface area contributed by atoms with Crippen LogP contribution >= 0.6 is 11.6 Å². The Morgan fingerprint density at radius 3 is 2.85 bits per heavy atom. The van der Waals surface area contributed by atoms with Crippen molar-refractivity contribution in [2.45, 2.75) is 13.5 Å². The SMILES string of the molecule is Cc1cc(=O)oc2cc(OCc3nc(-c4ccccc4Cl)no3)ccc12. The highest BCUT2D eigenvalue weighted by Crippen LogP contribution is 2.26. The maximum atomic E-state index is 11.5. The minimum Gasteiger partial charge on any atom is -0.484 e. The Balaban J connectivity index is 1.54. The molecule has 2 aromatic heterocycles. The molecule has 0 aliphatic carbocycles. The average molecular weight is 369 g/mol. The van der Waals surface area contributed by atoms with Crippen molar-refractivity contribution in [3.8, 4) is 17.1 Å². The van der Waals surface area contributed by atoms with E-state index in [1.54, 1.807) is 18.2 Å². The fourth-order valence-corrected chi connectivity index (χ4v) is 2.83. The molecule has 0 N–H and O–H groups in total. The lowest BCUT2D eigenvalue weighted by Crippen LogP contribution is -1.99. The van der Waals surface area contributed by atoms with Crippen LogP contribution in [0.3, 0.4) is 0 Å². The number of ether oxygens (including phenoxy) is 1. The van der Waals surface area contributed by atoms with Crippen LogP contribution in [0.4, 0.5) is 0 Å². The molecule has 130 valence electrons. The van der Waals surface area contributed by atoms with Crippen LogP contribution in [-0.2, 0) is 6.61 Å². The summed E-state index contributed by atoms with van der Waals surface area (Å²) in [5, 5.41) is 5.32. The first-order chi connectivity index (χ1) is 12.6. The number of hydrogen-bond acceptors (Lipinski definition) is 6. The molecule has 0 aliphatic rings. The van der Waals surface area contributed by atoms with E-state index in [1.165, 1.54) is 6.07 Å². The van der Waals surface area contributed by atoms with Crippen LogP contribution in [0.25, 0.3) is 22.4 Å². The highest BCUT2D eigenvalue weighted by atomic mass is 35.5. The van der Waals surface area contributed by atoms with Gasteiger partial charge in [0, 0.05) is 23.1 Å². The van der Waals surface area contributed by atoms with E-state index in [0.717, 1.165) is 10.9 Å². The minimum atomic E-state index is -0.395. The van der Waals surface area contributed by atoms with E-state index in [2.05, 4.69) is 10.1 Å². The number of halogens is 1. The molecule has 0 atom stereocenters. The number of hydrogen-bond donors (Lipinski definition) is 0. The van der Waals surface area contributed by atoms with Gasteiger partial charge in [-0.25, -0.2) is 4.79 Å². The van der Waals surface area contributed by atoms with Crippen molar-refractivity contribution < 1.29 is 13.7 Å². The molecule has 7 heteroatoms. The van der Waals surface area contributed by atoms with Crippen molar-refractivity contribution >= 4 is 22.6 Å². The maximum Gasteiger partial charge on any atom is 0.336 e. The van der Waals surface area contributed by atoms with Crippen LogP contribution in [0.1, 0.15) is 11.5 Å². The Morgan fingerprint density at radius 1 is 1.15 bits per heavy atom. The number of benzene rings is 2. The lowest BCUT2D eigenvalue weighted by molar-refractivity contribution is 0.243. The summed E-state index contributed by atoms with van der Waals surface area (Å²) < 4.78 is 16.1. The normalized spacial score (nSPS) is 11.0. The van der Waals surface area contributed by atoms with Crippen molar-refractivity contribution in [1.82, 2.24) is 10.1 Å². The summed E-state index contributed by atoms with van der Waals surface area (Å²) in [6, 6.07) is 14.0. The minimum absolute atomic E-state index is 0.0823. The van der Waals surface area contributed by atoms with Gasteiger partial charge in [0.25, 0.3) is 5.89 Å². The van der Waals surface area contributed by atoms with Crippen LogP contribution < -0.4 is 10.4 Å². The molecule has 26 heavy (non-hydrogen) atoms. The summed E-state index contributed by atoms with van der Waals surface area (Å²) in [6.07, 6.45) is 0. The van der Waals surface area contributed by atoms with Gasteiger partial charge in [0.15, 0.2) is 6.61 Å². The second-order valence-electron chi connectivity index (χ2n) is 5.69. The maximum absolute atomic E-state index is 11.5. The van der Waals surface area contributed by atoms with Crippen LogP contribution in [0, 0.1) is 6.92 Å². The predicted molar refractivity (Wildman–Crippen MR) is 96.3 cm³/mol. The number of rotatable bonds is 4.